The zero-order valence-electron chi connectivity index (χ0n) is 9.84. The minimum atomic E-state index is 0.0113. The summed E-state index contributed by atoms with van der Waals surface area (Å²) in [4.78, 5) is 14.8. The molecule has 88 valence electrons. The van der Waals surface area contributed by atoms with Gasteiger partial charge in [0.1, 0.15) is 5.75 Å². The lowest BCUT2D eigenvalue weighted by Gasteiger charge is -2.17. The van der Waals surface area contributed by atoms with E-state index in [0.29, 0.717) is 0 Å². The number of aryl methyl sites for hydroxylation is 2. The van der Waals surface area contributed by atoms with E-state index in [1.54, 1.807) is 6.07 Å². The number of aromatic nitrogens is 1. The molecule has 1 heterocycles. The molecule has 0 saturated carbocycles. The third-order valence-electron chi connectivity index (χ3n) is 3.55. The van der Waals surface area contributed by atoms with E-state index >= 15 is 0 Å². The van der Waals surface area contributed by atoms with Gasteiger partial charge in [-0.2, -0.15) is 0 Å². The van der Waals surface area contributed by atoms with E-state index in [-0.39, 0.29) is 11.3 Å². The third kappa shape index (κ3) is 1.54. The predicted molar refractivity (Wildman–Crippen MR) is 67.6 cm³/mol. The van der Waals surface area contributed by atoms with Crippen LogP contribution < -0.4 is 5.56 Å². The monoisotopic (exact) mass is 229 g/mol. The van der Waals surface area contributed by atoms with E-state index in [2.05, 4.69) is 4.98 Å². The van der Waals surface area contributed by atoms with Crippen molar-refractivity contribution in [1.82, 2.24) is 4.98 Å². The number of H-pyrrole nitrogens is 1. The first kappa shape index (κ1) is 10.4. The molecule has 0 bridgehead atoms. The van der Waals surface area contributed by atoms with Crippen LogP contribution in [0.4, 0.5) is 0 Å². The molecule has 3 rings (SSSR count). The van der Waals surface area contributed by atoms with Crippen molar-refractivity contribution in [3.63, 3.8) is 0 Å². The van der Waals surface area contributed by atoms with Gasteiger partial charge in [0.2, 0.25) is 0 Å². The Morgan fingerprint density at radius 3 is 2.65 bits per heavy atom. The number of aromatic amines is 1. The third-order valence-corrected chi connectivity index (χ3v) is 3.55. The average Bonchev–Trinajstić information content (AvgIpc) is 2.28. The molecule has 1 aliphatic carbocycles. The van der Waals surface area contributed by atoms with Crippen LogP contribution in [0.3, 0.4) is 0 Å². The Morgan fingerprint density at radius 2 is 1.88 bits per heavy atom. The first-order valence-electron chi connectivity index (χ1n) is 6.04. The standard InChI is InChI=1S/C14H15NO2/c1-8-6-11-13(12(16)7-8)9-4-2-3-5-10(9)14(17)15-11/h6-7,16H,2-5H2,1H3,(H,15,17). The van der Waals surface area contributed by atoms with Gasteiger partial charge in [0.25, 0.3) is 5.56 Å². The Labute approximate surface area is 99.1 Å². The summed E-state index contributed by atoms with van der Waals surface area (Å²) in [6, 6.07) is 3.68. The fourth-order valence-corrected chi connectivity index (χ4v) is 2.81. The molecule has 2 N–H and O–H groups in total. The summed E-state index contributed by atoms with van der Waals surface area (Å²) in [5.41, 5.74) is 3.64. The van der Waals surface area contributed by atoms with Crippen molar-refractivity contribution >= 4 is 10.9 Å². The molecule has 1 aliphatic rings. The maximum absolute atomic E-state index is 12.0. The van der Waals surface area contributed by atoms with Crippen LogP contribution in [0.15, 0.2) is 16.9 Å². The summed E-state index contributed by atoms with van der Waals surface area (Å²) in [5, 5.41) is 10.9. The molecule has 0 spiro atoms. The quantitative estimate of drug-likeness (QED) is 0.729. The molecule has 17 heavy (non-hydrogen) atoms. The molecule has 0 atom stereocenters. The smallest absolute Gasteiger partial charge is 0.251 e. The average molecular weight is 229 g/mol. The highest BCUT2D eigenvalue weighted by Crippen LogP contribution is 2.32. The van der Waals surface area contributed by atoms with Crippen LogP contribution in [-0.2, 0) is 12.8 Å². The summed E-state index contributed by atoms with van der Waals surface area (Å²) >= 11 is 0. The number of hydrogen-bond donors (Lipinski definition) is 2. The molecule has 3 nitrogen and oxygen atoms in total. The Hall–Kier alpha value is -1.77. The number of nitrogens with one attached hydrogen (secondary N) is 1. The maximum atomic E-state index is 12.0. The van der Waals surface area contributed by atoms with Gasteiger partial charge in [-0.3, -0.25) is 4.79 Å². The molecule has 0 radical (unpaired) electrons. The van der Waals surface area contributed by atoms with Gasteiger partial charge >= 0.3 is 0 Å². The first-order chi connectivity index (χ1) is 8.16. The highest BCUT2D eigenvalue weighted by atomic mass is 16.3. The minimum absolute atomic E-state index is 0.0113. The summed E-state index contributed by atoms with van der Waals surface area (Å²) in [6.45, 7) is 1.91. The number of fused-ring (bicyclic) bond motifs is 3. The van der Waals surface area contributed by atoms with Gasteiger partial charge in [-0.25, -0.2) is 0 Å². The number of aromatic hydroxyl groups is 1. The second-order valence-corrected chi connectivity index (χ2v) is 4.82. The largest absolute Gasteiger partial charge is 0.507 e. The fraction of sp³-hybridized carbons (Fsp3) is 0.357. The molecule has 0 fully saturated rings. The maximum Gasteiger partial charge on any atom is 0.251 e. The summed E-state index contributed by atoms with van der Waals surface area (Å²) < 4.78 is 0. The second-order valence-electron chi connectivity index (χ2n) is 4.82. The highest BCUT2D eigenvalue weighted by molar-refractivity contribution is 5.89. The van der Waals surface area contributed by atoms with Crippen molar-refractivity contribution in [3.8, 4) is 5.75 Å². The van der Waals surface area contributed by atoms with Crippen LogP contribution in [0.1, 0.15) is 29.5 Å². The van der Waals surface area contributed by atoms with Gasteiger partial charge < -0.3 is 10.1 Å². The topological polar surface area (TPSA) is 53.1 Å². The molecule has 0 amide bonds. The van der Waals surface area contributed by atoms with E-state index in [9.17, 15) is 9.90 Å². The van der Waals surface area contributed by atoms with Gasteiger partial charge in [0.05, 0.1) is 5.52 Å². The van der Waals surface area contributed by atoms with Crippen LogP contribution in [0.2, 0.25) is 0 Å². The van der Waals surface area contributed by atoms with E-state index in [4.69, 9.17) is 0 Å². The second kappa shape index (κ2) is 3.62. The number of phenols is 1. The Kier molecular flexibility index (Phi) is 2.21. The zero-order chi connectivity index (χ0) is 12.0. The Bertz CT molecular complexity index is 655. The van der Waals surface area contributed by atoms with E-state index in [1.807, 2.05) is 13.0 Å². The van der Waals surface area contributed by atoms with E-state index in [1.165, 1.54) is 0 Å². The number of pyridine rings is 1. The van der Waals surface area contributed by atoms with E-state index < -0.39 is 0 Å². The number of hydrogen-bond acceptors (Lipinski definition) is 2. The lowest BCUT2D eigenvalue weighted by molar-refractivity contribution is 0.480. The molecule has 1 aromatic carbocycles. The summed E-state index contributed by atoms with van der Waals surface area (Å²) in [5.74, 6) is 0.286. The Balaban J connectivity index is 2.47. The molecular weight excluding hydrogens is 214 g/mol. The van der Waals surface area contributed by atoms with Crippen molar-refractivity contribution < 1.29 is 5.11 Å². The SMILES string of the molecule is Cc1cc(O)c2c3c(c(=O)[nH]c2c1)CCCC3. The van der Waals surface area contributed by atoms with Gasteiger partial charge in [-0.15, -0.1) is 0 Å². The summed E-state index contributed by atoms with van der Waals surface area (Å²) in [6.07, 6.45) is 3.88. The van der Waals surface area contributed by atoms with Crippen LogP contribution in [-0.4, -0.2) is 10.1 Å². The zero-order valence-corrected chi connectivity index (χ0v) is 9.84. The van der Waals surface area contributed by atoms with Gasteiger partial charge in [-0.05, 0) is 55.9 Å². The number of benzene rings is 1. The number of phenolic OH excluding ortho intramolecular Hbond substituents is 1. The molecule has 3 heteroatoms. The predicted octanol–water partition coefficient (Wildman–Crippen LogP) is 2.42. The van der Waals surface area contributed by atoms with Gasteiger partial charge in [0.15, 0.2) is 0 Å². The lowest BCUT2D eigenvalue weighted by Crippen LogP contribution is -2.19. The molecule has 0 saturated heterocycles. The number of rotatable bonds is 0. The normalized spacial score (nSPS) is 14.9. The van der Waals surface area contributed by atoms with Gasteiger partial charge in [0, 0.05) is 10.9 Å². The summed E-state index contributed by atoms with van der Waals surface area (Å²) in [7, 11) is 0. The van der Waals surface area contributed by atoms with Crippen LogP contribution in [0.5, 0.6) is 5.75 Å². The van der Waals surface area contributed by atoms with E-state index in [0.717, 1.165) is 53.3 Å². The minimum Gasteiger partial charge on any atom is -0.507 e. The molecule has 0 unspecified atom stereocenters. The molecule has 1 aromatic heterocycles. The first-order valence-corrected chi connectivity index (χ1v) is 6.04. The van der Waals surface area contributed by atoms with Crippen molar-refractivity contribution in [2.24, 2.45) is 0 Å². The molecule has 0 aliphatic heterocycles. The molecular formula is C14H15NO2. The van der Waals surface area contributed by atoms with Crippen molar-refractivity contribution in [2.45, 2.75) is 32.6 Å². The van der Waals surface area contributed by atoms with Crippen LogP contribution in [0, 0.1) is 6.92 Å². The van der Waals surface area contributed by atoms with Crippen molar-refractivity contribution in [3.05, 3.63) is 39.2 Å². The Morgan fingerprint density at radius 1 is 1.18 bits per heavy atom. The van der Waals surface area contributed by atoms with Crippen LogP contribution >= 0.6 is 0 Å². The van der Waals surface area contributed by atoms with Crippen LogP contribution in [0.25, 0.3) is 10.9 Å². The molecule has 2 aromatic rings. The highest BCUT2D eigenvalue weighted by Gasteiger charge is 2.18. The van der Waals surface area contributed by atoms with Crippen molar-refractivity contribution in [2.75, 3.05) is 0 Å². The van der Waals surface area contributed by atoms with Gasteiger partial charge in [-0.1, -0.05) is 0 Å². The van der Waals surface area contributed by atoms with Crippen molar-refractivity contribution in [1.29, 1.82) is 0 Å². The fourth-order valence-electron chi connectivity index (χ4n) is 2.81. The lowest BCUT2D eigenvalue weighted by atomic mass is 9.89.